The van der Waals surface area contributed by atoms with Crippen molar-refractivity contribution in [2.24, 2.45) is 0 Å². The topological polar surface area (TPSA) is 37.8 Å². The Morgan fingerprint density at radius 1 is 1.53 bits per heavy atom. The summed E-state index contributed by atoms with van der Waals surface area (Å²) in [5, 5.41) is 3.45. The highest BCUT2D eigenvalue weighted by Crippen LogP contribution is 2.02. The summed E-state index contributed by atoms with van der Waals surface area (Å²) >= 11 is 1.96. The fourth-order valence-electron chi connectivity index (χ4n) is 1.24. The maximum absolute atomic E-state index is 4.35. The Morgan fingerprint density at radius 3 is 3.00 bits per heavy atom. The smallest absolute Gasteiger partial charge is 0.125 e. The van der Waals surface area contributed by atoms with Crippen molar-refractivity contribution in [3.05, 3.63) is 23.8 Å². The van der Waals surface area contributed by atoms with Gasteiger partial charge in [0.05, 0.1) is 5.69 Å². The number of hydrogen-bond acceptors (Lipinski definition) is 4. The molecule has 1 heterocycles. The molecule has 15 heavy (non-hydrogen) atoms. The zero-order chi connectivity index (χ0) is 11.1. The summed E-state index contributed by atoms with van der Waals surface area (Å²) < 4.78 is 0. The summed E-state index contributed by atoms with van der Waals surface area (Å²) in [5.41, 5.74) is 1.07. The minimum atomic E-state index is 0.533. The van der Waals surface area contributed by atoms with E-state index in [0.29, 0.717) is 6.04 Å². The summed E-state index contributed by atoms with van der Waals surface area (Å²) in [4.78, 5) is 8.42. The highest BCUT2D eigenvalue weighted by Gasteiger charge is 2.01. The van der Waals surface area contributed by atoms with E-state index >= 15 is 0 Å². The van der Waals surface area contributed by atoms with Gasteiger partial charge in [-0.25, -0.2) is 9.97 Å². The molecule has 1 aromatic rings. The van der Waals surface area contributed by atoms with Gasteiger partial charge in [-0.05, 0) is 25.7 Å². The van der Waals surface area contributed by atoms with Crippen molar-refractivity contribution in [2.75, 3.05) is 11.5 Å². The third-order valence-electron chi connectivity index (χ3n) is 2.04. The number of aromatic nitrogens is 2. The monoisotopic (exact) mass is 225 g/mol. The maximum atomic E-state index is 4.35. The number of aryl methyl sites for hydroxylation is 1. The van der Waals surface area contributed by atoms with E-state index < -0.39 is 0 Å². The molecule has 0 radical (unpaired) electrons. The van der Waals surface area contributed by atoms with Crippen LogP contribution >= 0.6 is 11.8 Å². The van der Waals surface area contributed by atoms with Gasteiger partial charge in [-0.3, -0.25) is 0 Å². The molecule has 0 aliphatic heterocycles. The number of nitrogens with one attached hydrogen (secondary N) is 1. The van der Waals surface area contributed by atoms with Crippen LogP contribution in [0.15, 0.2) is 12.3 Å². The van der Waals surface area contributed by atoms with Crippen LogP contribution in [0.2, 0.25) is 0 Å². The highest BCUT2D eigenvalue weighted by atomic mass is 32.2. The third kappa shape index (κ3) is 5.14. The van der Waals surface area contributed by atoms with Crippen LogP contribution < -0.4 is 5.32 Å². The minimum absolute atomic E-state index is 0.533. The van der Waals surface area contributed by atoms with Gasteiger partial charge < -0.3 is 5.32 Å². The van der Waals surface area contributed by atoms with Crippen molar-refractivity contribution in [1.29, 1.82) is 0 Å². The second-order valence-electron chi connectivity index (χ2n) is 3.54. The molecular weight excluding hydrogens is 206 g/mol. The summed E-state index contributed by atoms with van der Waals surface area (Å²) in [5.74, 6) is 3.17. The number of nitrogens with zero attached hydrogens (tertiary/aromatic N) is 2. The standard InChI is InChI=1S/C11H19N3S/c1-4-15-8-9(2)13-7-11-5-6-12-10(3)14-11/h5-6,9,13H,4,7-8H2,1-3H3. The second-order valence-corrected chi connectivity index (χ2v) is 4.86. The van der Waals surface area contributed by atoms with Gasteiger partial charge in [0.2, 0.25) is 0 Å². The van der Waals surface area contributed by atoms with Crippen molar-refractivity contribution < 1.29 is 0 Å². The zero-order valence-corrected chi connectivity index (χ0v) is 10.5. The molecule has 0 saturated carbocycles. The Kier molecular flexibility index (Phi) is 5.65. The average molecular weight is 225 g/mol. The van der Waals surface area contributed by atoms with Gasteiger partial charge in [-0.15, -0.1) is 0 Å². The summed E-state index contributed by atoms with van der Waals surface area (Å²) in [6.07, 6.45) is 1.81. The molecule has 0 aromatic carbocycles. The van der Waals surface area contributed by atoms with E-state index in [1.165, 1.54) is 5.75 Å². The molecule has 0 bridgehead atoms. The van der Waals surface area contributed by atoms with Crippen LogP contribution in [0.5, 0.6) is 0 Å². The lowest BCUT2D eigenvalue weighted by molar-refractivity contribution is 0.586. The van der Waals surface area contributed by atoms with E-state index in [9.17, 15) is 0 Å². The first kappa shape index (κ1) is 12.5. The van der Waals surface area contributed by atoms with Crippen LogP contribution in [-0.4, -0.2) is 27.5 Å². The summed E-state index contributed by atoms with van der Waals surface area (Å²) in [7, 11) is 0. The van der Waals surface area contributed by atoms with Crippen molar-refractivity contribution >= 4 is 11.8 Å². The van der Waals surface area contributed by atoms with Crippen LogP contribution in [0.1, 0.15) is 25.4 Å². The number of hydrogen-bond donors (Lipinski definition) is 1. The van der Waals surface area contributed by atoms with Gasteiger partial charge in [0, 0.05) is 24.5 Å². The van der Waals surface area contributed by atoms with Crippen LogP contribution in [0.4, 0.5) is 0 Å². The predicted molar refractivity (Wildman–Crippen MR) is 66.1 cm³/mol. The molecule has 1 atom stereocenters. The Morgan fingerprint density at radius 2 is 2.33 bits per heavy atom. The van der Waals surface area contributed by atoms with E-state index in [-0.39, 0.29) is 0 Å². The van der Waals surface area contributed by atoms with Crippen LogP contribution in [0.25, 0.3) is 0 Å². The molecule has 1 rings (SSSR count). The van der Waals surface area contributed by atoms with E-state index in [0.717, 1.165) is 23.8 Å². The molecule has 1 N–H and O–H groups in total. The zero-order valence-electron chi connectivity index (χ0n) is 9.66. The van der Waals surface area contributed by atoms with Gasteiger partial charge in [0.15, 0.2) is 0 Å². The Labute approximate surface area is 96.1 Å². The first-order valence-corrected chi connectivity index (χ1v) is 6.47. The fourth-order valence-corrected chi connectivity index (χ4v) is 1.94. The lowest BCUT2D eigenvalue weighted by Gasteiger charge is -2.12. The first-order chi connectivity index (χ1) is 7.22. The molecular formula is C11H19N3S. The summed E-state index contributed by atoms with van der Waals surface area (Å²) in [6.45, 7) is 7.14. The first-order valence-electron chi connectivity index (χ1n) is 5.32. The summed E-state index contributed by atoms with van der Waals surface area (Å²) in [6, 6.07) is 2.49. The van der Waals surface area contributed by atoms with Gasteiger partial charge in [0.25, 0.3) is 0 Å². The molecule has 1 aromatic heterocycles. The van der Waals surface area contributed by atoms with Gasteiger partial charge in [-0.2, -0.15) is 11.8 Å². The SMILES string of the molecule is CCSCC(C)NCc1ccnc(C)n1. The molecule has 3 nitrogen and oxygen atoms in total. The molecule has 1 unspecified atom stereocenters. The van der Waals surface area contributed by atoms with Gasteiger partial charge >= 0.3 is 0 Å². The lowest BCUT2D eigenvalue weighted by atomic mass is 10.3. The molecule has 4 heteroatoms. The van der Waals surface area contributed by atoms with Gasteiger partial charge in [-0.1, -0.05) is 6.92 Å². The molecule has 0 amide bonds. The lowest BCUT2D eigenvalue weighted by Crippen LogP contribution is -2.28. The number of rotatable bonds is 6. The normalized spacial score (nSPS) is 12.7. The average Bonchev–Trinajstić information content (AvgIpc) is 2.23. The maximum Gasteiger partial charge on any atom is 0.125 e. The molecule has 84 valence electrons. The Hall–Kier alpha value is -0.610. The largest absolute Gasteiger partial charge is 0.308 e. The minimum Gasteiger partial charge on any atom is -0.308 e. The van der Waals surface area contributed by atoms with E-state index in [1.54, 1.807) is 0 Å². The fraction of sp³-hybridized carbons (Fsp3) is 0.636. The van der Waals surface area contributed by atoms with E-state index in [1.807, 2.05) is 30.9 Å². The van der Waals surface area contributed by atoms with Crippen LogP contribution in [0, 0.1) is 6.92 Å². The molecule has 0 spiro atoms. The number of thioether (sulfide) groups is 1. The van der Waals surface area contributed by atoms with E-state index in [4.69, 9.17) is 0 Å². The van der Waals surface area contributed by atoms with E-state index in [2.05, 4.69) is 29.1 Å². The van der Waals surface area contributed by atoms with Crippen molar-refractivity contribution in [2.45, 2.75) is 33.4 Å². The Balaban J connectivity index is 2.30. The highest BCUT2D eigenvalue weighted by molar-refractivity contribution is 7.99. The van der Waals surface area contributed by atoms with Gasteiger partial charge in [0.1, 0.15) is 5.82 Å². The molecule has 0 aliphatic rings. The van der Waals surface area contributed by atoms with Crippen molar-refractivity contribution in [3.63, 3.8) is 0 Å². The van der Waals surface area contributed by atoms with Crippen LogP contribution in [-0.2, 0) is 6.54 Å². The quantitative estimate of drug-likeness (QED) is 0.804. The van der Waals surface area contributed by atoms with Crippen LogP contribution in [0.3, 0.4) is 0 Å². The third-order valence-corrected chi connectivity index (χ3v) is 3.18. The van der Waals surface area contributed by atoms with Crippen molar-refractivity contribution in [1.82, 2.24) is 15.3 Å². The molecule has 0 saturated heterocycles. The molecule has 0 aliphatic carbocycles. The predicted octanol–water partition coefficient (Wildman–Crippen LogP) is 2.02. The molecule has 0 fully saturated rings. The second kappa shape index (κ2) is 6.80. The van der Waals surface area contributed by atoms with Crippen molar-refractivity contribution in [3.8, 4) is 0 Å². The Bertz CT molecular complexity index is 291.